The minimum Gasteiger partial charge on any atom is -0.493 e. The van der Waals surface area contributed by atoms with Crippen molar-refractivity contribution < 1.29 is 4.74 Å². The van der Waals surface area contributed by atoms with Gasteiger partial charge in [0.25, 0.3) is 0 Å². The molecular formula is C15H17N5O. The topological polar surface area (TPSA) is 78.9 Å². The van der Waals surface area contributed by atoms with E-state index in [4.69, 9.17) is 10.5 Å². The highest BCUT2D eigenvalue weighted by Gasteiger charge is 2.21. The van der Waals surface area contributed by atoms with Crippen molar-refractivity contribution in [3.8, 4) is 5.75 Å². The average Bonchev–Trinajstić information content (AvgIpc) is 2.96. The minimum atomic E-state index is -0.431. The molecule has 1 aromatic carbocycles. The molecular weight excluding hydrogens is 266 g/mol. The first-order chi connectivity index (χ1) is 10.2. The van der Waals surface area contributed by atoms with Crippen molar-refractivity contribution in [2.75, 3.05) is 7.11 Å². The third-order valence-electron chi connectivity index (χ3n) is 3.44. The normalized spacial score (nSPS) is 12.5. The molecule has 0 aliphatic carbocycles. The van der Waals surface area contributed by atoms with E-state index in [0.29, 0.717) is 18.0 Å². The molecule has 0 aliphatic heterocycles. The molecule has 0 saturated carbocycles. The van der Waals surface area contributed by atoms with E-state index in [1.165, 1.54) is 0 Å². The summed E-state index contributed by atoms with van der Waals surface area (Å²) in [5.41, 5.74) is 9.54. The van der Waals surface area contributed by atoms with Gasteiger partial charge in [-0.2, -0.15) is 5.10 Å². The Kier molecular flexibility index (Phi) is 3.53. The molecule has 0 spiro atoms. The molecule has 6 heteroatoms. The maximum absolute atomic E-state index is 6.36. The van der Waals surface area contributed by atoms with Gasteiger partial charge in [0, 0.05) is 6.54 Å². The standard InChI is InChI=1S/C15H17N5O/c1-3-20-15(13(21-2)9-18-20)14(16)12-8-17-10-6-4-5-7-11(10)19-12/h4-9,14H,3,16H2,1-2H3. The van der Waals surface area contributed by atoms with Crippen LogP contribution in [0.25, 0.3) is 11.0 Å². The number of nitrogens with zero attached hydrogens (tertiary/aromatic N) is 4. The van der Waals surface area contributed by atoms with Gasteiger partial charge in [-0.05, 0) is 19.1 Å². The lowest BCUT2D eigenvalue weighted by molar-refractivity contribution is 0.404. The van der Waals surface area contributed by atoms with E-state index < -0.39 is 6.04 Å². The van der Waals surface area contributed by atoms with E-state index in [2.05, 4.69) is 15.1 Å². The highest BCUT2D eigenvalue weighted by molar-refractivity contribution is 5.73. The fourth-order valence-electron chi connectivity index (χ4n) is 2.36. The summed E-state index contributed by atoms with van der Waals surface area (Å²) in [4.78, 5) is 9.01. The largest absolute Gasteiger partial charge is 0.493 e. The van der Waals surface area contributed by atoms with Gasteiger partial charge in [-0.1, -0.05) is 12.1 Å². The van der Waals surface area contributed by atoms with Crippen LogP contribution < -0.4 is 10.5 Å². The smallest absolute Gasteiger partial charge is 0.161 e. The highest BCUT2D eigenvalue weighted by atomic mass is 16.5. The molecule has 2 N–H and O–H groups in total. The molecule has 2 heterocycles. The van der Waals surface area contributed by atoms with Gasteiger partial charge in [0.1, 0.15) is 5.69 Å². The number of hydrogen-bond donors (Lipinski definition) is 1. The Bertz CT molecular complexity index is 746. The number of para-hydroxylation sites is 2. The Labute approximate surface area is 122 Å². The number of hydrogen-bond acceptors (Lipinski definition) is 5. The van der Waals surface area contributed by atoms with Gasteiger partial charge < -0.3 is 10.5 Å². The molecule has 0 saturated heterocycles. The molecule has 6 nitrogen and oxygen atoms in total. The van der Waals surface area contributed by atoms with Crippen LogP contribution in [0.2, 0.25) is 0 Å². The SMILES string of the molecule is CCn1ncc(OC)c1C(N)c1cnc2ccccc2n1. The number of methoxy groups -OCH3 is 1. The summed E-state index contributed by atoms with van der Waals surface area (Å²) in [6.07, 6.45) is 3.38. The van der Waals surface area contributed by atoms with E-state index >= 15 is 0 Å². The Morgan fingerprint density at radius 2 is 2.00 bits per heavy atom. The number of ether oxygens (including phenoxy) is 1. The Balaban J connectivity index is 2.07. The van der Waals surface area contributed by atoms with Crippen molar-refractivity contribution in [2.24, 2.45) is 5.73 Å². The summed E-state index contributed by atoms with van der Waals surface area (Å²) < 4.78 is 7.17. The molecule has 0 radical (unpaired) electrons. The lowest BCUT2D eigenvalue weighted by atomic mass is 10.1. The lowest BCUT2D eigenvalue weighted by Gasteiger charge is -2.14. The van der Waals surface area contributed by atoms with Crippen LogP contribution in [0.15, 0.2) is 36.7 Å². The third-order valence-corrected chi connectivity index (χ3v) is 3.44. The van der Waals surface area contributed by atoms with Gasteiger partial charge >= 0.3 is 0 Å². The number of rotatable bonds is 4. The van der Waals surface area contributed by atoms with Crippen molar-refractivity contribution in [2.45, 2.75) is 19.5 Å². The van der Waals surface area contributed by atoms with Crippen molar-refractivity contribution in [3.63, 3.8) is 0 Å². The molecule has 0 fully saturated rings. The van der Waals surface area contributed by atoms with Gasteiger partial charge in [-0.25, -0.2) is 4.98 Å². The first-order valence-electron chi connectivity index (χ1n) is 6.81. The second-order valence-electron chi connectivity index (χ2n) is 4.68. The zero-order chi connectivity index (χ0) is 14.8. The quantitative estimate of drug-likeness (QED) is 0.791. The zero-order valence-electron chi connectivity index (χ0n) is 12.0. The molecule has 3 aromatic rings. The van der Waals surface area contributed by atoms with E-state index in [0.717, 1.165) is 16.7 Å². The predicted octanol–water partition coefficient (Wildman–Crippen LogP) is 1.90. The summed E-state index contributed by atoms with van der Waals surface area (Å²) in [5, 5.41) is 4.28. The van der Waals surface area contributed by atoms with Crippen LogP contribution in [-0.2, 0) is 6.54 Å². The molecule has 0 aliphatic rings. The van der Waals surface area contributed by atoms with Crippen LogP contribution in [0.5, 0.6) is 5.75 Å². The maximum Gasteiger partial charge on any atom is 0.161 e. The molecule has 1 atom stereocenters. The molecule has 108 valence electrons. The molecule has 3 rings (SSSR count). The number of fused-ring (bicyclic) bond motifs is 1. The van der Waals surface area contributed by atoms with E-state index in [-0.39, 0.29) is 0 Å². The van der Waals surface area contributed by atoms with Gasteiger partial charge in [0.2, 0.25) is 0 Å². The monoisotopic (exact) mass is 283 g/mol. The van der Waals surface area contributed by atoms with Crippen molar-refractivity contribution in [1.29, 1.82) is 0 Å². The number of benzene rings is 1. The third kappa shape index (κ3) is 2.34. The fraction of sp³-hybridized carbons (Fsp3) is 0.267. The molecule has 1 unspecified atom stereocenters. The second-order valence-corrected chi connectivity index (χ2v) is 4.68. The maximum atomic E-state index is 6.36. The first kappa shape index (κ1) is 13.5. The van der Waals surface area contributed by atoms with Crippen LogP contribution in [0.1, 0.15) is 24.4 Å². The molecule has 2 aromatic heterocycles. The van der Waals surface area contributed by atoms with Crippen LogP contribution in [0.3, 0.4) is 0 Å². The zero-order valence-corrected chi connectivity index (χ0v) is 12.0. The van der Waals surface area contributed by atoms with Gasteiger partial charge in [0.05, 0.1) is 42.3 Å². The number of aromatic nitrogens is 4. The molecule has 0 bridgehead atoms. The van der Waals surface area contributed by atoms with Crippen LogP contribution in [0.4, 0.5) is 0 Å². The highest BCUT2D eigenvalue weighted by Crippen LogP contribution is 2.27. The average molecular weight is 283 g/mol. The summed E-state index contributed by atoms with van der Waals surface area (Å²) in [6.45, 7) is 2.72. The molecule has 21 heavy (non-hydrogen) atoms. The van der Waals surface area contributed by atoms with Gasteiger partial charge in [-0.15, -0.1) is 0 Å². The van der Waals surface area contributed by atoms with E-state index in [1.54, 1.807) is 19.5 Å². The fourth-order valence-corrected chi connectivity index (χ4v) is 2.36. The number of nitrogens with two attached hydrogens (primary N) is 1. The minimum absolute atomic E-state index is 0.431. The van der Waals surface area contributed by atoms with E-state index in [9.17, 15) is 0 Å². The Morgan fingerprint density at radius 1 is 1.24 bits per heavy atom. The lowest BCUT2D eigenvalue weighted by Crippen LogP contribution is -2.19. The summed E-state index contributed by atoms with van der Waals surface area (Å²) >= 11 is 0. The summed E-state index contributed by atoms with van der Waals surface area (Å²) in [5.74, 6) is 0.666. The van der Waals surface area contributed by atoms with Crippen molar-refractivity contribution >= 4 is 11.0 Å². The Morgan fingerprint density at radius 3 is 2.71 bits per heavy atom. The van der Waals surface area contributed by atoms with Crippen LogP contribution in [0, 0.1) is 0 Å². The molecule has 0 amide bonds. The van der Waals surface area contributed by atoms with Crippen LogP contribution in [-0.4, -0.2) is 26.9 Å². The van der Waals surface area contributed by atoms with Gasteiger partial charge in [-0.3, -0.25) is 9.67 Å². The predicted molar refractivity (Wildman–Crippen MR) is 80.0 cm³/mol. The van der Waals surface area contributed by atoms with Crippen LogP contribution >= 0.6 is 0 Å². The second kappa shape index (κ2) is 5.49. The van der Waals surface area contributed by atoms with Crippen molar-refractivity contribution in [1.82, 2.24) is 19.7 Å². The van der Waals surface area contributed by atoms with E-state index in [1.807, 2.05) is 35.9 Å². The van der Waals surface area contributed by atoms with Gasteiger partial charge in [0.15, 0.2) is 5.75 Å². The first-order valence-corrected chi connectivity index (χ1v) is 6.81. The van der Waals surface area contributed by atoms with Crippen molar-refractivity contribution in [3.05, 3.63) is 48.0 Å². The Hall–Kier alpha value is -2.47. The number of aryl methyl sites for hydroxylation is 1. The summed E-state index contributed by atoms with van der Waals surface area (Å²) in [6, 6.07) is 7.29. The summed E-state index contributed by atoms with van der Waals surface area (Å²) in [7, 11) is 1.61.